The molecule has 2 aromatic carbocycles. The Hall–Kier alpha value is -3.43. The number of nitrogens with one attached hydrogen (secondary N) is 1. The van der Waals surface area contributed by atoms with Crippen LogP contribution >= 0.6 is 0 Å². The molecule has 0 radical (unpaired) electrons. The van der Waals surface area contributed by atoms with Crippen LogP contribution in [0.4, 0.5) is 5.69 Å². The molecule has 0 aromatic heterocycles. The van der Waals surface area contributed by atoms with Crippen LogP contribution in [0.25, 0.3) is 0 Å². The van der Waals surface area contributed by atoms with Crippen molar-refractivity contribution in [3.05, 3.63) is 58.7 Å². The predicted octanol–water partition coefficient (Wildman–Crippen LogP) is 3.49. The largest absolute Gasteiger partial charge is 0.494 e. The van der Waals surface area contributed by atoms with Gasteiger partial charge >= 0.3 is 5.97 Å². The quantitative estimate of drug-likeness (QED) is 0.437. The van der Waals surface area contributed by atoms with E-state index in [9.17, 15) is 14.4 Å². The highest BCUT2D eigenvalue weighted by atomic mass is 16.5. The SMILES string of the molecule is CCOc1cc(C(=O)OC)c(C2CC2)cc1CN1CCC2(CC1)CC(=O)N(c1ccc(C(=O)NCCO)cc1)C2. The van der Waals surface area contributed by atoms with Gasteiger partial charge in [-0.3, -0.25) is 14.5 Å². The molecule has 0 unspecified atom stereocenters. The molecule has 1 spiro atoms. The first-order valence-corrected chi connectivity index (χ1v) is 14.3. The lowest BCUT2D eigenvalue weighted by Gasteiger charge is -2.39. The molecule has 1 saturated carbocycles. The zero-order chi connectivity index (χ0) is 28.3. The molecule has 2 aromatic rings. The minimum absolute atomic E-state index is 0.0541. The number of piperidine rings is 1. The highest BCUT2D eigenvalue weighted by Crippen LogP contribution is 2.45. The van der Waals surface area contributed by atoms with E-state index in [2.05, 4.69) is 16.3 Å². The number of hydrogen-bond donors (Lipinski definition) is 2. The van der Waals surface area contributed by atoms with E-state index in [1.54, 1.807) is 12.1 Å². The molecule has 9 nitrogen and oxygen atoms in total. The third-order valence-corrected chi connectivity index (χ3v) is 8.42. The maximum atomic E-state index is 13.1. The van der Waals surface area contributed by atoms with Crippen LogP contribution in [0, 0.1) is 5.41 Å². The molecule has 2 saturated heterocycles. The highest BCUT2D eigenvalue weighted by Gasteiger charge is 2.45. The Kier molecular flexibility index (Phi) is 8.42. The number of carbonyl (C=O) groups excluding carboxylic acids is 3. The van der Waals surface area contributed by atoms with Crippen molar-refractivity contribution in [2.45, 2.75) is 51.5 Å². The van der Waals surface area contributed by atoms with Crippen molar-refractivity contribution in [2.24, 2.45) is 5.41 Å². The van der Waals surface area contributed by atoms with Crippen molar-refractivity contribution in [2.75, 3.05) is 51.4 Å². The highest BCUT2D eigenvalue weighted by molar-refractivity contribution is 5.98. The van der Waals surface area contributed by atoms with E-state index >= 15 is 0 Å². The summed E-state index contributed by atoms with van der Waals surface area (Å²) in [5.74, 6) is 0.714. The molecule has 40 heavy (non-hydrogen) atoms. The van der Waals surface area contributed by atoms with Gasteiger partial charge in [0.05, 0.1) is 25.9 Å². The molecule has 2 N–H and O–H groups in total. The molecule has 0 bridgehead atoms. The zero-order valence-corrected chi connectivity index (χ0v) is 23.4. The summed E-state index contributed by atoms with van der Waals surface area (Å²) in [7, 11) is 1.42. The summed E-state index contributed by atoms with van der Waals surface area (Å²) in [6.07, 6.45) is 4.57. The van der Waals surface area contributed by atoms with Crippen LogP contribution in [0.3, 0.4) is 0 Å². The number of nitrogens with zero attached hydrogens (tertiary/aromatic N) is 2. The Balaban J connectivity index is 1.24. The van der Waals surface area contributed by atoms with Gasteiger partial charge in [0.25, 0.3) is 5.91 Å². The van der Waals surface area contributed by atoms with Gasteiger partial charge < -0.3 is 24.8 Å². The van der Waals surface area contributed by atoms with Crippen LogP contribution in [0.1, 0.15) is 76.8 Å². The third-order valence-electron chi connectivity index (χ3n) is 8.42. The number of carbonyl (C=O) groups is 3. The summed E-state index contributed by atoms with van der Waals surface area (Å²) in [5, 5.41) is 11.6. The van der Waals surface area contributed by atoms with Gasteiger partial charge in [0.2, 0.25) is 5.91 Å². The Bertz CT molecular complexity index is 1250. The first-order valence-electron chi connectivity index (χ1n) is 14.3. The number of methoxy groups -OCH3 is 1. The smallest absolute Gasteiger partial charge is 0.338 e. The summed E-state index contributed by atoms with van der Waals surface area (Å²) in [6.45, 7) is 5.75. The Morgan fingerprint density at radius 3 is 2.48 bits per heavy atom. The van der Waals surface area contributed by atoms with E-state index in [1.165, 1.54) is 7.11 Å². The van der Waals surface area contributed by atoms with Gasteiger partial charge in [-0.15, -0.1) is 0 Å². The lowest BCUT2D eigenvalue weighted by Crippen LogP contribution is -2.41. The average molecular weight is 550 g/mol. The fourth-order valence-corrected chi connectivity index (χ4v) is 6.03. The standard InChI is InChI=1S/C31H39N3O6/c1-3-40-27-17-26(30(38)39-2)25(21-4-5-21)16-23(27)19-33-13-10-31(11-14-33)18-28(36)34(20-31)24-8-6-22(7-9-24)29(37)32-12-15-35/h6-9,16-17,21,35H,3-5,10-15,18-20H2,1-2H3,(H,32,37). The molecule has 1 aliphatic carbocycles. The summed E-state index contributed by atoms with van der Waals surface area (Å²) in [5.41, 5.74) is 4.03. The van der Waals surface area contributed by atoms with Gasteiger partial charge in [0.1, 0.15) is 5.75 Å². The average Bonchev–Trinajstić information content (AvgIpc) is 3.77. The summed E-state index contributed by atoms with van der Waals surface area (Å²) in [6, 6.07) is 11.1. The van der Waals surface area contributed by atoms with Crippen molar-refractivity contribution in [1.29, 1.82) is 0 Å². The van der Waals surface area contributed by atoms with Crippen LogP contribution in [0.15, 0.2) is 36.4 Å². The Labute approximate surface area is 235 Å². The van der Waals surface area contributed by atoms with Crippen LogP contribution in [-0.4, -0.2) is 74.3 Å². The van der Waals surface area contributed by atoms with E-state index in [1.807, 2.05) is 30.0 Å². The van der Waals surface area contributed by atoms with E-state index in [0.29, 0.717) is 36.6 Å². The molecular weight excluding hydrogens is 510 g/mol. The summed E-state index contributed by atoms with van der Waals surface area (Å²) in [4.78, 5) is 41.9. The van der Waals surface area contributed by atoms with Crippen LogP contribution < -0.4 is 15.0 Å². The lowest BCUT2D eigenvalue weighted by molar-refractivity contribution is -0.118. The molecule has 5 rings (SSSR count). The van der Waals surface area contributed by atoms with Crippen molar-refractivity contribution in [3.63, 3.8) is 0 Å². The van der Waals surface area contributed by atoms with Gasteiger partial charge in [0, 0.05) is 42.9 Å². The first-order chi connectivity index (χ1) is 19.4. The number of rotatable bonds is 10. The maximum Gasteiger partial charge on any atom is 0.338 e. The summed E-state index contributed by atoms with van der Waals surface area (Å²) < 4.78 is 11.0. The number of amides is 2. The van der Waals surface area contributed by atoms with Gasteiger partial charge in [-0.1, -0.05) is 0 Å². The van der Waals surface area contributed by atoms with Gasteiger partial charge in [-0.05, 0) is 99.0 Å². The number of esters is 1. The van der Waals surface area contributed by atoms with Crippen molar-refractivity contribution < 1.29 is 29.0 Å². The number of aliphatic hydroxyl groups is 1. The normalized spacial score (nSPS) is 18.7. The zero-order valence-electron chi connectivity index (χ0n) is 23.4. The number of ether oxygens (including phenoxy) is 2. The number of hydrogen-bond acceptors (Lipinski definition) is 7. The molecule has 2 aliphatic heterocycles. The fourth-order valence-electron chi connectivity index (χ4n) is 6.03. The fraction of sp³-hybridized carbons (Fsp3) is 0.516. The minimum Gasteiger partial charge on any atom is -0.494 e. The summed E-state index contributed by atoms with van der Waals surface area (Å²) >= 11 is 0. The molecule has 214 valence electrons. The molecule has 3 fully saturated rings. The number of benzene rings is 2. The minimum atomic E-state index is -0.315. The monoisotopic (exact) mass is 549 g/mol. The third kappa shape index (κ3) is 6.00. The molecule has 3 aliphatic rings. The second-order valence-corrected chi connectivity index (χ2v) is 11.2. The van der Waals surface area contributed by atoms with Crippen LogP contribution in [0.5, 0.6) is 5.75 Å². The molecule has 2 amide bonds. The van der Waals surface area contributed by atoms with Gasteiger partial charge in [0.15, 0.2) is 0 Å². The number of aliphatic hydroxyl groups excluding tert-OH is 1. The van der Waals surface area contributed by atoms with Gasteiger partial charge in [-0.2, -0.15) is 0 Å². The van der Waals surface area contributed by atoms with Crippen LogP contribution in [0.2, 0.25) is 0 Å². The maximum absolute atomic E-state index is 13.1. The molecule has 9 heteroatoms. The van der Waals surface area contributed by atoms with E-state index in [0.717, 1.165) is 67.9 Å². The van der Waals surface area contributed by atoms with E-state index in [-0.39, 0.29) is 36.4 Å². The Morgan fingerprint density at radius 1 is 1.12 bits per heavy atom. The van der Waals surface area contributed by atoms with Gasteiger partial charge in [-0.25, -0.2) is 4.79 Å². The van der Waals surface area contributed by atoms with E-state index in [4.69, 9.17) is 14.6 Å². The van der Waals surface area contributed by atoms with Crippen molar-refractivity contribution >= 4 is 23.5 Å². The Morgan fingerprint density at radius 2 is 1.85 bits per heavy atom. The molecule has 2 heterocycles. The van der Waals surface area contributed by atoms with Crippen LogP contribution in [-0.2, 0) is 16.1 Å². The van der Waals surface area contributed by atoms with Crippen molar-refractivity contribution in [1.82, 2.24) is 10.2 Å². The number of anilines is 1. The van der Waals surface area contributed by atoms with Crippen molar-refractivity contribution in [3.8, 4) is 5.75 Å². The predicted molar refractivity (Wildman–Crippen MR) is 151 cm³/mol. The molecular formula is C31H39N3O6. The topological polar surface area (TPSA) is 108 Å². The second kappa shape index (κ2) is 12.0. The first kappa shape index (κ1) is 28.1. The number of likely N-dealkylation sites (tertiary alicyclic amines) is 1. The second-order valence-electron chi connectivity index (χ2n) is 11.2. The lowest BCUT2D eigenvalue weighted by atomic mass is 9.77. The molecule has 0 atom stereocenters. The van der Waals surface area contributed by atoms with E-state index < -0.39 is 0 Å².